The lowest BCUT2D eigenvalue weighted by Gasteiger charge is -2.13. The number of anilines is 1. The van der Waals surface area contributed by atoms with Crippen LogP contribution in [0.5, 0.6) is 5.75 Å². The molecule has 2 N–H and O–H groups in total. The second-order valence-corrected chi connectivity index (χ2v) is 8.24. The van der Waals surface area contributed by atoms with Gasteiger partial charge in [-0.15, -0.1) is 0 Å². The molecule has 0 aliphatic carbocycles. The second kappa shape index (κ2) is 13.0. The molecule has 4 amide bonds. The average Bonchev–Trinajstić information content (AvgIpc) is 3.15. The van der Waals surface area contributed by atoms with Gasteiger partial charge in [-0.2, -0.15) is 0 Å². The van der Waals surface area contributed by atoms with E-state index in [4.69, 9.17) is 4.74 Å². The number of para-hydroxylation sites is 1. The van der Waals surface area contributed by atoms with Crippen molar-refractivity contribution in [1.29, 1.82) is 0 Å². The Hall–Kier alpha value is -4.01. The smallest absolute Gasteiger partial charge is 0.315 e. The first-order valence-electron chi connectivity index (χ1n) is 11.6. The van der Waals surface area contributed by atoms with Gasteiger partial charge in [0.2, 0.25) is 23.6 Å². The number of nitrogens with one attached hydrogen (secondary N) is 2. The van der Waals surface area contributed by atoms with E-state index >= 15 is 0 Å². The summed E-state index contributed by atoms with van der Waals surface area (Å²) in [5.74, 6) is -0.951. The lowest BCUT2D eigenvalue weighted by atomic mass is 10.1. The summed E-state index contributed by atoms with van der Waals surface area (Å²) in [6, 6.07) is 15.9. The van der Waals surface area contributed by atoms with Gasteiger partial charge in [0.25, 0.3) is 0 Å². The number of hydrogen-bond acceptors (Lipinski definition) is 6. The Morgan fingerprint density at radius 2 is 1.51 bits per heavy atom. The van der Waals surface area contributed by atoms with Gasteiger partial charge in [-0.05, 0) is 42.7 Å². The second-order valence-electron chi connectivity index (χ2n) is 8.24. The molecule has 0 unspecified atom stereocenters. The topological polar surface area (TPSA) is 122 Å². The molecule has 9 heteroatoms. The fourth-order valence-corrected chi connectivity index (χ4v) is 3.57. The molecule has 35 heavy (non-hydrogen) atoms. The minimum absolute atomic E-state index is 0.115. The van der Waals surface area contributed by atoms with E-state index in [1.807, 2.05) is 6.07 Å². The van der Waals surface area contributed by atoms with Crippen molar-refractivity contribution >= 4 is 35.3 Å². The molecule has 2 aromatic carbocycles. The highest BCUT2D eigenvalue weighted by Crippen LogP contribution is 2.14. The largest absolute Gasteiger partial charge is 0.426 e. The minimum Gasteiger partial charge on any atom is -0.426 e. The van der Waals surface area contributed by atoms with Crippen molar-refractivity contribution in [2.75, 3.05) is 18.4 Å². The Kier molecular flexibility index (Phi) is 9.53. The van der Waals surface area contributed by atoms with Crippen LogP contribution in [-0.4, -0.2) is 47.6 Å². The third-order valence-corrected chi connectivity index (χ3v) is 5.42. The van der Waals surface area contributed by atoms with Crippen LogP contribution >= 0.6 is 0 Å². The van der Waals surface area contributed by atoms with Crippen LogP contribution in [0.25, 0.3) is 0 Å². The summed E-state index contributed by atoms with van der Waals surface area (Å²) in [5.41, 5.74) is 1.43. The zero-order valence-electron chi connectivity index (χ0n) is 19.5. The number of nitrogens with zero attached hydrogens (tertiary/aromatic N) is 1. The van der Waals surface area contributed by atoms with Crippen LogP contribution in [0.15, 0.2) is 54.6 Å². The normalized spacial score (nSPS) is 13.0. The van der Waals surface area contributed by atoms with Gasteiger partial charge in [0.1, 0.15) is 12.3 Å². The number of carbonyl (C=O) groups is 5. The van der Waals surface area contributed by atoms with E-state index in [1.165, 1.54) is 0 Å². The number of likely N-dealkylation sites (tertiary alicyclic amines) is 1. The number of amides is 4. The lowest BCUT2D eigenvalue weighted by Crippen LogP contribution is -2.40. The van der Waals surface area contributed by atoms with Crippen LogP contribution in [0, 0.1) is 0 Å². The summed E-state index contributed by atoms with van der Waals surface area (Å²) in [6.07, 6.45) is 2.91. The SMILES string of the molecule is O=C(CN1C(=O)CCC1=O)NCCCCCC(=O)Nc1ccc(CC(=O)Oc2ccccc2)cc1. The predicted molar refractivity (Wildman–Crippen MR) is 128 cm³/mol. The molecule has 1 heterocycles. The standard InChI is InChI=1S/C26H29N3O6/c30-22(9-5-2-6-16-27-23(31)18-29-24(32)14-15-25(29)33)28-20-12-10-19(11-13-20)17-26(34)35-21-7-3-1-4-8-21/h1,3-4,7-8,10-13H,2,5-6,9,14-18H2,(H,27,31)(H,28,30). The van der Waals surface area contributed by atoms with Gasteiger partial charge in [-0.3, -0.25) is 28.9 Å². The highest BCUT2D eigenvalue weighted by molar-refractivity contribution is 6.04. The number of carbonyl (C=O) groups excluding carboxylic acids is 5. The van der Waals surface area contributed by atoms with E-state index < -0.39 is 0 Å². The maximum Gasteiger partial charge on any atom is 0.315 e. The zero-order valence-corrected chi connectivity index (χ0v) is 19.5. The number of benzene rings is 2. The lowest BCUT2D eigenvalue weighted by molar-refractivity contribution is -0.142. The van der Waals surface area contributed by atoms with E-state index in [2.05, 4.69) is 10.6 Å². The first-order chi connectivity index (χ1) is 16.9. The molecule has 1 aliphatic heterocycles. The van der Waals surface area contributed by atoms with Gasteiger partial charge >= 0.3 is 5.97 Å². The quantitative estimate of drug-likeness (QED) is 0.209. The maximum atomic E-state index is 12.1. The average molecular weight is 480 g/mol. The van der Waals surface area contributed by atoms with Gasteiger partial charge in [0.15, 0.2) is 0 Å². The highest BCUT2D eigenvalue weighted by atomic mass is 16.5. The Bertz CT molecular complexity index is 1040. The first-order valence-corrected chi connectivity index (χ1v) is 11.6. The summed E-state index contributed by atoms with van der Waals surface area (Å²) in [5, 5.41) is 5.52. The van der Waals surface area contributed by atoms with Crippen molar-refractivity contribution in [3.63, 3.8) is 0 Å². The Labute approximate surface area is 203 Å². The Balaban J connectivity index is 1.26. The van der Waals surface area contributed by atoms with E-state index in [1.54, 1.807) is 48.5 Å². The Morgan fingerprint density at radius 1 is 0.829 bits per heavy atom. The number of ether oxygens (including phenoxy) is 1. The van der Waals surface area contributed by atoms with Crippen LogP contribution in [0.4, 0.5) is 5.69 Å². The third kappa shape index (κ3) is 8.69. The number of hydrogen-bond donors (Lipinski definition) is 2. The van der Waals surface area contributed by atoms with Crippen molar-refractivity contribution < 1.29 is 28.7 Å². The van der Waals surface area contributed by atoms with Crippen molar-refractivity contribution in [2.45, 2.75) is 44.9 Å². The number of unbranched alkanes of at least 4 members (excludes halogenated alkanes) is 2. The van der Waals surface area contributed by atoms with E-state index in [9.17, 15) is 24.0 Å². The van der Waals surface area contributed by atoms with Crippen molar-refractivity contribution in [1.82, 2.24) is 10.2 Å². The van der Waals surface area contributed by atoms with Gasteiger partial charge in [0, 0.05) is 31.5 Å². The van der Waals surface area contributed by atoms with Gasteiger partial charge < -0.3 is 15.4 Å². The summed E-state index contributed by atoms with van der Waals surface area (Å²) in [6.45, 7) is 0.192. The van der Waals surface area contributed by atoms with Gasteiger partial charge in [-0.1, -0.05) is 36.8 Å². The van der Waals surface area contributed by atoms with Crippen LogP contribution in [-0.2, 0) is 30.4 Å². The molecule has 0 aromatic heterocycles. The van der Waals surface area contributed by atoms with E-state index in [-0.39, 0.29) is 55.4 Å². The monoisotopic (exact) mass is 479 g/mol. The molecule has 0 spiro atoms. The van der Waals surface area contributed by atoms with Crippen LogP contribution in [0.3, 0.4) is 0 Å². The molecule has 3 rings (SSSR count). The molecule has 9 nitrogen and oxygen atoms in total. The number of imide groups is 1. The summed E-state index contributed by atoms with van der Waals surface area (Å²) in [7, 11) is 0. The molecule has 1 fully saturated rings. The molecule has 2 aromatic rings. The fraction of sp³-hybridized carbons (Fsp3) is 0.346. The van der Waals surface area contributed by atoms with Crippen molar-refractivity contribution in [2.24, 2.45) is 0 Å². The van der Waals surface area contributed by atoms with Crippen LogP contribution in [0.2, 0.25) is 0 Å². The highest BCUT2D eigenvalue weighted by Gasteiger charge is 2.30. The minimum atomic E-state index is -0.359. The molecule has 184 valence electrons. The first kappa shape index (κ1) is 25.6. The van der Waals surface area contributed by atoms with Gasteiger partial charge in [-0.25, -0.2) is 0 Å². The molecule has 1 saturated heterocycles. The molecule has 0 atom stereocenters. The molecule has 0 radical (unpaired) electrons. The third-order valence-electron chi connectivity index (χ3n) is 5.42. The van der Waals surface area contributed by atoms with Crippen molar-refractivity contribution in [3.05, 3.63) is 60.2 Å². The molecule has 0 saturated carbocycles. The predicted octanol–water partition coefficient (Wildman–Crippen LogP) is 2.60. The summed E-state index contributed by atoms with van der Waals surface area (Å²) in [4.78, 5) is 60.1. The molecule has 0 bridgehead atoms. The van der Waals surface area contributed by atoms with Gasteiger partial charge in [0.05, 0.1) is 6.42 Å². The van der Waals surface area contributed by atoms with Crippen molar-refractivity contribution in [3.8, 4) is 5.75 Å². The summed E-state index contributed by atoms with van der Waals surface area (Å²) >= 11 is 0. The number of rotatable bonds is 12. The molecule has 1 aliphatic rings. The van der Waals surface area contributed by atoms with E-state index in [0.29, 0.717) is 37.2 Å². The summed E-state index contributed by atoms with van der Waals surface area (Å²) < 4.78 is 5.28. The van der Waals surface area contributed by atoms with E-state index in [0.717, 1.165) is 16.9 Å². The zero-order chi connectivity index (χ0) is 25.0. The molecular weight excluding hydrogens is 450 g/mol. The maximum absolute atomic E-state index is 12.1. The number of esters is 1. The fourth-order valence-electron chi connectivity index (χ4n) is 3.57. The van der Waals surface area contributed by atoms with Crippen LogP contribution < -0.4 is 15.4 Å². The Morgan fingerprint density at radius 3 is 2.20 bits per heavy atom. The van der Waals surface area contributed by atoms with Crippen LogP contribution in [0.1, 0.15) is 44.1 Å². The molecular formula is C26H29N3O6.